The Bertz CT molecular complexity index is 549. The van der Waals surface area contributed by atoms with Crippen molar-refractivity contribution in [1.82, 2.24) is 0 Å². The molecule has 1 aromatic carbocycles. The van der Waals surface area contributed by atoms with Crippen LogP contribution in [-0.2, 0) is 16.0 Å². The molecule has 1 fully saturated rings. The molecule has 0 amide bonds. The molecule has 1 heterocycles. The standard InChI is InChI=1S/C15H21NO8/c16-9(14(21)22)5-7-1-3-8(4-2-7)23-15-13(20)12(19)11(18)10(6-17)24-15/h1-4,9-13,15,17-20H,5-6,16H2,(H,21,22)/t9-,10+,11-,12-,13+,15?/m0/s1. The molecule has 0 bridgehead atoms. The predicted octanol–water partition coefficient (Wildman–Crippen LogP) is -2.18. The van der Waals surface area contributed by atoms with E-state index in [1.807, 2.05) is 0 Å². The lowest BCUT2D eigenvalue weighted by molar-refractivity contribution is -0.277. The van der Waals surface area contributed by atoms with Crippen LogP contribution in [0.3, 0.4) is 0 Å². The normalized spacial score (nSPS) is 31.5. The molecule has 1 unspecified atom stereocenters. The highest BCUT2D eigenvalue weighted by Crippen LogP contribution is 2.24. The Balaban J connectivity index is 2.01. The quantitative estimate of drug-likeness (QED) is 0.337. The van der Waals surface area contributed by atoms with Crippen LogP contribution < -0.4 is 10.5 Å². The van der Waals surface area contributed by atoms with Crippen molar-refractivity contribution in [3.8, 4) is 5.75 Å². The molecule has 0 radical (unpaired) electrons. The molecule has 1 saturated heterocycles. The number of carboxylic acid groups (broad SMARTS) is 1. The van der Waals surface area contributed by atoms with Gasteiger partial charge < -0.3 is 40.7 Å². The van der Waals surface area contributed by atoms with Crippen molar-refractivity contribution in [2.75, 3.05) is 6.61 Å². The van der Waals surface area contributed by atoms with E-state index < -0.39 is 49.3 Å². The summed E-state index contributed by atoms with van der Waals surface area (Å²) >= 11 is 0. The molecule has 0 spiro atoms. The van der Waals surface area contributed by atoms with Crippen LogP contribution in [-0.4, -0.2) is 74.9 Å². The number of carbonyl (C=O) groups is 1. The largest absolute Gasteiger partial charge is 0.480 e. The zero-order valence-corrected chi connectivity index (χ0v) is 12.7. The summed E-state index contributed by atoms with van der Waals surface area (Å²) in [5.74, 6) is -0.802. The number of nitrogens with two attached hydrogens (primary N) is 1. The number of aliphatic hydroxyl groups is 4. The van der Waals surface area contributed by atoms with Gasteiger partial charge in [0.05, 0.1) is 6.61 Å². The first-order chi connectivity index (χ1) is 11.3. The van der Waals surface area contributed by atoms with Gasteiger partial charge in [0.25, 0.3) is 0 Å². The van der Waals surface area contributed by atoms with E-state index in [0.717, 1.165) is 0 Å². The lowest BCUT2D eigenvalue weighted by Gasteiger charge is -2.39. The minimum atomic E-state index is -1.52. The summed E-state index contributed by atoms with van der Waals surface area (Å²) in [4.78, 5) is 10.7. The first-order valence-electron chi connectivity index (χ1n) is 7.38. The van der Waals surface area contributed by atoms with Gasteiger partial charge >= 0.3 is 5.97 Å². The second-order valence-corrected chi connectivity index (χ2v) is 5.61. The van der Waals surface area contributed by atoms with Gasteiger partial charge in [0.15, 0.2) is 0 Å². The fourth-order valence-corrected chi connectivity index (χ4v) is 2.34. The Kier molecular flexibility index (Phi) is 6.10. The topological polar surface area (TPSA) is 163 Å². The molecule has 24 heavy (non-hydrogen) atoms. The number of benzene rings is 1. The van der Waals surface area contributed by atoms with Gasteiger partial charge in [0.2, 0.25) is 6.29 Å². The van der Waals surface area contributed by atoms with E-state index in [2.05, 4.69) is 0 Å². The van der Waals surface area contributed by atoms with Crippen molar-refractivity contribution in [3.05, 3.63) is 29.8 Å². The number of carboxylic acids is 1. The molecule has 9 nitrogen and oxygen atoms in total. The fourth-order valence-electron chi connectivity index (χ4n) is 2.34. The average Bonchev–Trinajstić information content (AvgIpc) is 2.56. The molecule has 9 heteroatoms. The van der Waals surface area contributed by atoms with Crippen LogP contribution in [0.5, 0.6) is 5.75 Å². The van der Waals surface area contributed by atoms with E-state index in [1.54, 1.807) is 12.1 Å². The van der Waals surface area contributed by atoms with E-state index in [-0.39, 0.29) is 6.42 Å². The smallest absolute Gasteiger partial charge is 0.320 e. The number of rotatable bonds is 6. The molecular weight excluding hydrogens is 322 g/mol. The van der Waals surface area contributed by atoms with Crippen LogP contribution >= 0.6 is 0 Å². The van der Waals surface area contributed by atoms with Crippen LogP contribution in [0.1, 0.15) is 5.56 Å². The van der Waals surface area contributed by atoms with Crippen molar-refractivity contribution in [2.24, 2.45) is 5.73 Å². The van der Waals surface area contributed by atoms with Gasteiger partial charge in [-0.05, 0) is 24.1 Å². The number of hydrogen-bond acceptors (Lipinski definition) is 8. The maximum Gasteiger partial charge on any atom is 0.320 e. The van der Waals surface area contributed by atoms with E-state index in [4.69, 9.17) is 25.4 Å². The summed E-state index contributed by atoms with van der Waals surface area (Å²) in [6, 6.07) is 5.28. The van der Waals surface area contributed by atoms with Gasteiger partial charge in [-0.3, -0.25) is 4.79 Å². The molecule has 1 aromatic rings. The van der Waals surface area contributed by atoms with Crippen molar-refractivity contribution >= 4 is 5.97 Å². The van der Waals surface area contributed by atoms with Gasteiger partial charge in [-0.15, -0.1) is 0 Å². The van der Waals surface area contributed by atoms with Crippen molar-refractivity contribution in [1.29, 1.82) is 0 Å². The number of ether oxygens (including phenoxy) is 2. The summed E-state index contributed by atoms with van der Waals surface area (Å²) in [5.41, 5.74) is 6.14. The van der Waals surface area contributed by atoms with E-state index >= 15 is 0 Å². The fraction of sp³-hybridized carbons (Fsp3) is 0.533. The Labute approximate surface area is 137 Å². The average molecular weight is 343 g/mol. The Morgan fingerprint density at radius 3 is 2.33 bits per heavy atom. The third-order valence-corrected chi connectivity index (χ3v) is 3.80. The van der Waals surface area contributed by atoms with Gasteiger partial charge in [0, 0.05) is 0 Å². The van der Waals surface area contributed by atoms with Gasteiger partial charge in [-0.25, -0.2) is 0 Å². The Hall–Kier alpha value is -1.75. The molecule has 1 aliphatic heterocycles. The maximum atomic E-state index is 10.7. The van der Waals surface area contributed by atoms with Crippen LogP contribution in [0.2, 0.25) is 0 Å². The van der Waals surface area contributed by atoms with Crippen molar-refractivity contribution in [3.63, 3.8) is 0 Å². The molecular formula is C15H21NO8. The summed E-state index contributed by atoms with van der Waals surface area (Å²) < 4.78 is 10.7. The summed E-state index contributed by atoms with van der Waals surface area (Å²) in [6.45, 7) is -0.545. The highest BCUT2D eigenvalue weighted by Gasteiger charge is 2.44. The molecule has 0 aliphatic carbocycles. The zero-order valence-electron chi connectivity index (χ0n) is 12.7. The monoisotopic (exact) mass is 343 g/mol. The lowest BCUT2D eigenvalue weighted by atomic mass is 9.99. The molecule has 0 saturated carbocycles. The second-order valence-electron chi connectivity index (χ2n) is 5.61. The van der Waals surface area contributed by atoms with E-state index in [0.29, 0.717) is 11.3 Å². The van der Waals surface area contributed by atoms with E-state index in [1.165, 1.54) is 12.1 Å². The maximum absolute atomic E-state index is 10.7. The highest BCUT2D eigenvalue weighted by atomic mass is 16.7. The van der Waals surface area contributed by atoms with Crippen LogP contribution in [0.15, 0.2) is 24.3 Å². The SMILES string of the molecule is N[C@@H](Cc1ccc(OC2O[C@H](CO)[C@H](O)[C@H](O)[C@H]2O)cc1)C(=O)O. The molecule has 134 valence electrons. The summed E-state index contributed by atoms with van der Waals surface area (Å²) in [5, 5.41) is 47.2. The van der Waals surface area contributed by atoms with Crippen molar-refractivity contribution in [2.45, 2.75) is 43.2 Å². The summed E-state index contributed by atoms with van der Waals surface area (Å²) in [6.07, 6.45) is -6.65. The van der Waals surface area contributed by atoms with Gasteiger partial charge in [0.1, 0.15) is 36.2 Å². The molecule has 7 N–H and O–H groups in total. The van der Waals surface area contributed by atoms with Gasteiger partial charge in [-0.2, -0.15) is 0 Å². The summed E-state index contributed by atoms with van der Waals surface area (Å²) in [7, 11) is 0. The first-order valence-corrected chi connectivity index (χ1v) is 7.38. The lowest BCUT2D eigenvalue weighted by Crippen LogP contribution is -2.60. The highest BCUT2D eigenvalue weighted by molar-refractivity contribution is 5.73. The third kappa shape index (κ3) is 4.20. The van der Waals surface area contributed by atoms with Crippen LogP contribution in [0, 0.1) is 0 Å². The predicted molar refractivity (Wildman–Crippen MR) is 80.2 cm³/mol. The Morgan fingerprint density at radius 2 is 1.79 bits per heavy atom. The van der Waals surface area contributed by atoms with Crippen LogP contribution in [0.25, 0.3) is 0 Å². The molecule has 0 aromatic heterocycles. The van der Waals surface area contributed by atoms with Crippen LogP contribution in [0.4, 0.5) is 0 Å². The van der Waals surface area contributed by atoms with E-state index in [9.17, 15) is 20.1 Å². The Morgan fingerprint density at radius 1 is 1.17 bits per heavy atom. The number of aliphatic carboxylic acids is 1. The third-order valence-electron chi connectivity index (χ3n) is 3.80. The van der Waals surface area contributed by atoms with Gasteiger partial charge in [-0.1, -0.05) is 12.1 Å². The number of aliphatic hydroxyl groups excluding tert-OH is 4. The first kappa shape index (κ1) is 18.6. The molecule has 6 atom stereocenters. The minimum absolute atomic E-state index is 0.148. The molecule has 1 aliphatic rings. The van der Waals surface area contributed by atoms with Crippen molar-refractivity contribution < 1.29 is 39.8 Å². The molecule has 2 rings (SSSR count). The number of hydrogen-bond donors (Lipinski definition) is 6. The zero-order chi connectivity index (χ0) is 17.9. The minimum Gasteiger partial charge on any atom is -0.480 e. The second kappa shape index (κ2) is 7.88.